The Kier molecular flexibility index (Phi) is 16.0. The molecule has 0 bridgehead atoms. The van der Waals surface area contributed by atoms with Crippen molar-refractivity contribution in [2.24, 2.45) is 23.7 Å². The molecule has 0 radical (unpaired) electrons. The highest BCUT2D eigenvalue weighted by Gasteiger charge is 2.55. The molecule has 25 heteroatoms. The first-order valence-electron chi connectivity index (χ1n) is 19.0. The van der Waals surface area contributed by atoms with Crippen molar-refractivity contribution >= 4 is 46.1 Å². The molecular formula is C37H48O23S2. The van der Waals surface area contributed by atoms with E-state index in [9.17, 15) is 65.1 Å². The van der Waals surface area contributed by atoms with Crippen LogP contribution in [0.5, 0.6) is 0 Å². The van der Waals surface area contributed by atoms with Crippen molar-refractivity contribution in [1.29, 1.82) is 0 Å². The molecule has 18 atom stereocenters. The maximum absolute atomic E-state index is 13.7. The zero-order chi connectivity index (χ0) is 45.2. The van der Waals surface area contributed by atoms with Crippen LogP contribution in [0.1, 0.15) is 0 Å². The van der Waals surface area contributed by atoms with Gasteiger partial charge in [-0.15, -0.1) is 0 Å². The molecule has 346 valence electrons. The topological polar surface area (TPSA) is 343 Å². The molecule has 0 aromatic carbocycles. The summed E-state index contributed by atoms with van der Waals surface area (Å²) < 4.78 is 55.2. The highest BCUT2D eigenvalue weighted by atomic mass is 32.2. The van der Waals surface area contributed by atoms with Crippen molar-refractivity contribution in [3.8, 4) is 0 Å². The van der Waals surface area contributed by atoms with Gasteiger partial charge in [-0.2, -0.15) is 0 Å². The summed E-state index contributed by atoms with van der Waals surface area (Å²) in [5.41, 5.74) is 0.103. The van der Waals surface area contributed by atoms with Gasteiger partial charge in [0.1, 0.15) is 68.7 Å². The predicted octanol–water partition coefficient (Wildman–Crippen LogP) is -3.11. The number of fused-ring (bicyclic) bond motifs is 2. The van der Waals surface area contributed by atoms with Crippen LogP contribution in [-0.4, -0.2) is 201 Å². The van der Waals surface area contributed by atoms with E-state index in [1.54, 1.807) is 0 Å². The third kappa shape index (κ3) is 9.81. The molecular weight excluding hydrogens is 877 g/mol. The second-order valence-electron chi connectivity index (χ2n) is 14.8. The van der Waals surface area contributed by atoms with Crippen LogP contribution in [0.15, 0.2) is 47.0 Å². The Bertz CT molecular complexity index is 1790. The van der Waals surface area contributed by atoms with Gasteiger partial charge < -0.3 is 93.3 Å². The minimum atomic E-state index is -1.96. The third-order valence-corrected chi connectivity index (χ3v) is 12.1. The van der Waals surface area contributed by atoms with Crippen molar-refractivity contribution in [2.45, 2.75) is 86.2 Å². The number of aliphatic hydroxyl groups is 9. The average molecular weight is 925 g/mol. The van der Waals surface area contributed by atoms with Crippen LogP contribution < -0.4 is 0 Å². The van der Waals surface area contributed by atoms with E-state index < -0.39 is 152 Å². The molecule has 9 N–H and O–H groups in total. The molecule has 0 saturated carbocycles. The molecule has 0 amide bonds. The molecule has 0 aromatic heterocycles. The van der Waals surface area contributed by atoms with Crippen molar-refractivity contribution < 1.29 is 113 Å². The minimum Gasteiger partial charge on any atom is -0.471 e. The molecule has 23 nitrogen and oxygen atoms in total. The van der Waals surface area contributed by atoms with Gasteiger partial charge in [0.15, 0.2) is 12.6 Å². The van der Waals surface area contributed by atoms with E-state index in [-0.39, 0.29) is 28.9 Å². The summed E-state index contributed by atoms with van der Waals surface area (Å²) in [5.74, 6) is -6.41. The number of carbonyl (C=O) groups is 4. The second kappa shape index (κ2) is 20.6. The molecule has 62 heavy (non-hydrogen) atoms. The maximum atomic E-state index is 13.7. The number of hydrogen-bond acceptors (Lipinski definition) is 25. The normalized spacial score (nSPS) is 39.9. The number of rotatable bonds is 13. The Morgan fingerprint density at radius 2 is 1.02 bits per heavy atom. The largest absolute Gasteiger partial charge is 0.471 e. The molecule has 0 spiro atoms. The Balaban J connectivity index is 1.17. The predicted molar refractivity (Wildman–Crippen MR) is 203 cm³/mol. The zero-order valence-corrected chi connectivity index (χ0v) is 34.7. The summed E-state index contributed by atoms with van der Waals surface area (Å²) in [7, 11) is 1.12. The first-order chi connectivity index (χ1) is 29.5. The van der Waals surface area contributed by atoms with E-state index in [2.05, 4.69) is 0 Å². The van der Waals surface area contributed by atoms with Crippen LogP contribution in [-0.2, 0) is 57.0 Å². The van der Waals surface area contributed by atoms with Gasteiger partial charge in [0.25, 0.3) is 0 Å². The lowest BCUT2D eigenvalue weighted by molar-refractivity contribution is -0.341. The fourth-order valence-corrected chi connectivity index (χ4v) is 8.42. The summed E-state index contributed by atoms with van der Waals surface area (Å²) in [6.45, 7) is -2.32. The molecule has 6 rings (SSSR count). The molecule has 2 fully saturated rings. The van der Waals surface area contributed by atoms with Crippen LogP contribution in [0, 0.1) is 23.7 Å². The smallest absolute Gasteiger partial charge is 0.367 e. The number of carbonyl (C=O) groups excluding carboxylic acids is 4. The molecule has 2 aliphatic carbocycles. The monoisotopic (exact) mass is 924 g/mol. The number of esters is 2. The Hall–Kier alpha value is -3.38. The van der Waals surface area contributed by atoms with Gasteiger partial charge in [-0.3, -0.25) is 0 Å². The molecule has 0 unspecified atom stereocenters. The summed E-state index contributed by atoms with van der Waals surface area (Å²) >= 11 is 1.55. The highest BCUT2D eigenvalue weighted by molar-refractivity contribution is 8.12. The van der Waals surface area contributed by atoms with Crippen molar-refractivity contribution in [1.82, 2.24) is 0 Å². The van der Waals surface area contributed by atoms with E-state index >= 15 is 0 Å². The van der Waals surface area contributed by atoms with Crippen LogP contribution in [0.2, 0.25) is 0 Å². The van der Waals surface area contributed by atoms with E-state index in [1.165, 1.54) is 24.7 Å². The van der Waals surface area contributed by atoms with E-state index in [4.69, 9.17) is 47.4 Å². The van der Waals surface area contributed by atoms with E-state index in [0.717, 1.165) is 43.2 Å². The maximum Gasteiger partial charge on any atom is 0.367 e. The SMILES string of the molecule is COC(=O)C1=CO[C@H](O[C@H]2O[C@@H](COC(=O)C3=CO[C@H](O[C@H]4O[C@@H](CO)[C@H](O)[C@@H](O)[C@@H]4O)[C@H]4C(COC(=O)SC)=C[C@H](O)[C@@H]34)[C@H](O)[C@@H](O)[C@@H]2O)[C@H]2C(COC(=O)SC)=C[C@H](O)[C@@H]12. The minimum absolute atomic E-state index is 0.0802. The first-order valence-corrected chi connectivity index (χ1v) is 21.5. The summed E-state index contributed by atoms with van der Waals surface area (Å²) in [6, 6.07) is 0. The van der Waals surface area contributed by atoms with Crippen LogP contribution in [0.25, 0.3) is 0 Å². The number of aliphatic hydroxyl groups excluding tert-OH is 9. The van der Waals surface area contributed by atoms with Gasteiger partial charge in [0.05, 0.1) is 61.4 Å². The number of methoxy groups -OCH3 is 1. The van der Waals surface area contributed by atoms with Crippen LogP contribution in [0.4, 0.5) is 9.59 Å². The number of ether oxygens (including phenoxy) is 10. The summed E-state index contributed by atoms with van der Waals surface area (Å²) in [6.07, 6.45) is -15.9. The average Bonchev–Trinajstić information content (AvgIpc) is 3.79. The van der Waals surface area contributed by atoms with E-state index in [0.29, 0.717) is 0 Å². The lowest BCUT2D eigenvalue weighted by atomic mass is 9.82. The summed E-state index contributed by atoms with van der Waals surface area (Å²) in [4.78, 5) is 50.3. The van der Waals surface area contributed by atoms with E-state index in [1.807, 2.05) is 0 Å². The highest BCUT2D eigenvalue weighted by Crippen LogP contribution is 2.47. The van der Waals surface area contributed by atoms with Crippen molar-refractivity contribution in [3.63, 3.8) is 0 Å². The Morgan fingerprint density at radius 3 is 1.45 bits per heavy atom. The quantitative estimate of drug-likeness (QED) is 0.0501. The summed E-state index contributed by atoms with van der Waals surface area (Å²) in [5, 5.41) is 94.3. The fourth-order valence-electron chi connectivity index (χ4n) is 8.07. The molecule has 4 heterocycles. The Morgan fingerprint density at radius 1 is 0.581 bits per heavy atom. The molecule has 6 aliphatic rings. The zero-order valence-electron chi connectivity index (χ0n) is 33.1. The van der Waals surface area contributed by atoms with Crippen molar-refractivity contribution in [2.75, 3.05) is 46.0 Å². The van der Waals surface area contributed by atoms with Gasteiger partial charge in [-0.1, -0.05) is 12.2 Å². The van der Waals surface area contributed by atoms with Crippen LogP contribution >= 0.6 is 23.5 Å². The second-order valence-corrected chi connectivity index (χ2v) is 16.3. The number of hydrogen-bond donors (Lipinski definition) is 9. The number of thioether (sulfide) groups is 2. The van der Waals surface area contributed by atoms with Gasteiger partial charge in [-0.05, 0) is 47.2 Å². The standard InChI is InChI=1S/C37H48O23S2/c1-51-30(47)14-9-53-32(20-12(4-16(39)22(14)20)7-55-36(49)61-2)60-35-29(46)27(44)25(42)19(58-35)11-52-31(48)15-10-54-33(59-34-28(45)26(43)24(41)18(6-38)57-34)21-13(5-17(40)23(15)21)8-56-37(50)62-3/h4-5,9-10,16-29,32-35,38-46H,6-8,11H2,1-3H3/t16-,17-,18-,19-,20-,21-,22+,23+,24-,25-,26+,27+,28-,29-,32+,33+,34+,35+/m0/s1. The Labute approximate surface area is 360 Å². The van der Waals surface area contributed by atoms with Gasteiger partial charge in [0, 0.05) is 11.8 Å². The molecule has 4 aliphatic heterocycles. The molecule has 0 aromatic rings. The van der Waals surface area contributed by atoms with Gasteiger partial charge in [-0.25, -0.2) is 19.2 Å². The van der Waals surface area contributed by atoms with Gasteiger partial charge >= 0.3 is 22.5 Å². The van der Waals surface area contributed by atoms with Crippen LogP contribution in [0.3, 0.4) is 0 Å². The lowest BCUT2D eigenvalue weighted by Crippen LogP contribution is -2.60. The molecule has 2 saturated heterocycles. The fraction of sp³-hybridized carbons (Fsp3) is 0.676. The van der Waals surface area contributed by atoms with Gasteiger partial charge in [0.2, 0.25) is 12.6 Å². The van der Waals surface area contributed by atoms with Crippen molar-refractivity contribution in [3.05, 3.63) is 47.0 Å². The lowest BCUT2D eigenvalue weighted by Gasteiger charge is -2.43. The first kappa shape index (κ1) is 48.1. The third-order valence-electron chi connectivity index (χ3n) is 11.2.